The van der Waals surface area contributed by atoms with Crippen molar-refractivity contribution in [3.63, 3.8) is 0 Å². The Bertz CT molecular complexity index is 777. The Balaban J connectivity index is 1.52. The molecular weight excluding hydrogens is 376 g/mol. The number of ketones is 1. The molecular formula is C30H50O. The number of hydrogen-bond acceptors (Lipinski definition) is 1. The first-order chi connectivity index (χ1) is 14.2. The predicted molar refractivity (Wildman–Crippen MR) is 130 cm³/mol. The number of rotatable bonds is 0. The molecule has 5 saturated carbocycles. The lowest BCUT2D eigenvalue weighted by Crippen LogP contribution is -2.66. The Morgan fingerprint density at radius 3 is 2.03 bits per heavy atom. The fourth-order valence-corrected chi connectivity index (χ4v) is 11.1. The minimum absolute atomic E-state index is 0.113. The van der Waals surface area contributed by atoms with Gasteiger partial charge in [-0.05, 0) is 115 Å². The van der Waals surface area contributed by atoms with Crippen molar-refractivity contribution >= 4 is 5.78 Å². The largest absolute Gasteiger partial charge is 0.299 e. The number of carbonyl (C=O) groups is 1. The Labute approximate surface area is 192 Å². The fraction of sp³-hybridized carbons (Fsp3) is 0.967. The smallest absolute Gasteiger partial charge is 0.138 e. The summed E-state index contributed by atoms with van der Waals surface area (Å²) in [6.45, 7) is 20.4. The Kier molecular flexibility index (Phi) is 4.65. The van der Waals surface area contributed by atoms with E-state index in [0.717, 1.165) is 30.6 Å². The molecule has 0 spiro atoms. The Morgan fingerprint density at radius 2 is 1.32 bits per heavy atom. The maximum atomic E-state index is 12.9. The van der Waals surface area contributed by atoms with Gasteiger partial charge in [0.25, 0.3) is 0 Å². The van der Waals surface area contributed by atoms with E-state index >= 15 is 0 Å². The highest BCUT2D eigenvalue weighted by molar-refractivity contribution is 5.85. The molecule has 0 saturated heterocycles. The van der Waals surface area contributed by atoms with Crippen LogP contribution in [0, 0.1) is 56.2 Å². The van der Waals surface area contributed by atoms with Crippen molar-refractivity contribution < 1.29 is 4.79 Å². The van der Waals surface area contributed by atoms with Crippen LogP contribution in [-0.2, 0) is 4.79 Å². The summed E-state index contributed by atoms with van der Waals surface area (Å²) in [5.74, 6) is 3.72. The van der Waals surface area contributed by atoms with Gasteiger partial charge in [-0.2, -0.15) is 0 Å². The zero-order valence-corrected chi connectivity index (χ0v) is 22.0. The minimum Gasteiger partial charge on any atom is -0.299 e. The van der Waals surface area contributed by atoms with Crippen LogP contribution in [0.5, 0.6) is 0 Å². The molecule has 0 N–H and O–H groups in total. The van der Waals surface area contributed by atoms with Crippen molar-refractivity contribution in [2.75, 3.05) is 0 Å². The second-order valence-corrected chi connectivity index (χ2v) is 15.4. The van der Waals surface area contributed by atoms with Gasteiger partial charge in [-0.1, -0.05) is 55.4 Å². The summed E-state index contributed by atoms with van der Waals surface area (Å²) >= 11 is 0. The zero-order chi connectivity index (χ0) is 22.7. The van der Waals surface area contributed by atoms with E-state index in [-0.39, 0.29) is 5.41 Å². The van der Waals surface area contributed by atoms with Crippen LogP contribution in [-0.4, -0.2) is 5.78 Å². The molecule has 0 heterocycles. The third-order valence-electron chi connectivity index (χ3n) is 13.4. The van der Waals surface area contributed by atoms with E-state index < -0.39 is 0 Å². The van der Waals surface area contributed by atoms with Gasteiger partial charge in [0.2, 0.25) is 0 Å². The van der Waals surface area contributed by atoms with Crippen LogP contribution < -0.4 is 0 Å². The molecule has 0 amide bonds. The van der Waals surface area contributed by atoms with E-state index in [4.69, 9.17) is 0 Å². The lowest BCUT2D eigenvalue weighted by Gasteiger charge is -2.73. The first-order valence-corrected chi connectivity index (χ1v) is 13.7. The standard InChI is InChI=1S/C30H50O/c1-25(2)15-16-27(5)17-18-29(7)21-9-10-22-26(3,4)24(31)12-13-28(22,6)20(21)11-14-30(29,8)23(27)19-25/h20-23H,9-19H2,1-8H3. The monoisotopic (exact) mass is 426 g/mol. The van der Waals surface area contributed by atoms with Crippen LogP contribution in [0.4, 0.5) is 0 Å². The lowest BCUT2D eigenvalue weighted by atomic mass is 9.32. The van der Waals surface area contributed by atoms with Gasteiger partial charge in [0.15, 0.2) is 0 Å². The maximum absolute atomic E-state index is 12.9. The first-order valence-electron chi connectivity index (χ1n) is 13.7. The SMILES string of the molecule is CC1(C)CCC2(C)CCC3(C)C4CCC5C(C)(C)C(=O)CCC5(C)C4CCC3(C)C2C1. The molecule has 31 heavy (non-hydrogen) atoms. The molecule has 176 valence electrons. The van der Waals surface area contributed by atoms with Crippen LogP contribution in [0.1, 0.15) is 126 Å². The summed E-state index contributed by atoms with van der Waals surface area (Å²) in [6, 6.07) is 0. The van der Waals surface area contributed by atoms with Crippen LogP contribution in [0.25, 0.3) is 0 Å². The third kappa shape index (κ3) is 2.76. The van der Waals surface area contributed by atoms with Gasteiger partial charge in [0.1, 0.15) is 5.78 Å². The first kappa shape index (κ1) is 22.5. The minimum atomic E-state index is -0.113. The molecule has 0 radical (unpaired) electrons. The highest BCUT2D eigenvalue weighted by Crippen LogP contribution is 2.76. The molecule has 0 aromatic carbocycles. The van der Waals surface area contributed by atoms with Gasteiger partial charge in [-0.3, -0.25) is 4.79 Å². The van der Waals surface area contributed by atoms with Crippen molar-refractivity contribution in [1.82, 2.24) is 0 Å². The zero-order valence-electron chi connectivity index (χ0n) is 22.0. The van der Waals surface area contributed by atoms with Gasteiger partial charge >= 0.3 is 0 Å². The number of carbonyl (C=O) groups excluding carboxylic acids is 1. The molecule has 1 heteroatoms. The Hall–Kier alpha value is -0.330. The summed E-state index contributed by atoms with van der Waals surface area (Å²) in [7, 11) is 0. The van der Waals surface area contributed by atoms with Crippen LogP contribution in [0.15, 0.2) is 0 Å². The molecule has 1 nitrogen and oxygen atoms in total. The second-order valence-electron chi connectivity index (χ2n) is 15.4. The van der Waals surface area contributed by atoms with Gasteiger partial charge in [-0.25, -0.2) is 0 Å². The molecule has 5 aliphatic rings. The van der Waals surface area contributed by atoms with Crippen LogP contribution in [0.2, 0.25) is 0 Å². The average Bonchev–Trinajstić information content (AvgIpc) is 2.68. The third-order valence-corrected chi connectivity index (χ3v) is 13.4. The lowest BCUT2D eigenvalue weighted by molar-refractivity contribution is -0.238. The molecule has 8 unspecified atom stereocenters. The summed E-state index contributed by atoms with van der Waals surface area (Å²) < 4.78 is 0. The van der Waals surface area contributed by atoms with Crippen molar-refractivity contribution in [2.45, 2.75) is 126 Å². The summed E-state index contributed by atoms with van der Waals surface area (Å²) in [6.07, 6.45) is 14.7. The molecule has 0 bridgehead atoms. The topological polar surface area (TPSA) is 17.1 Å². The molecule has 5 aliphatic carbocycles. The van der Waals surface area contributed by atoms with E-state index in [0.29, 0.717) is 38.8 Å². The van der Waals surface area contributed by atoms with Crippen LogP contribution >= 0.6 is 0 Å². The van der Waals surface area contributed by atoms with Crippen molar-refractivity contribution in [3.8, 4) is 0 Å². The van der Waals surface area contributed by atoms with Crippen molar-refractivity contribution in [2.24, 2.45) is 56.2 Å². The molecule has 5 fully saturated rings. The number of hydrogen-bond donors (Lipinski definition) is 0. The van der Waals surface area contributed by atoms with Gasteiger partial charge in [-0.15, -0.1) is 0 Å². The van der Waals surface area contributed by atoms with E-state index in [1.807, 2.05) is 0 Å². The van der Waals surface area contributed by atoms with E-state index in [9.17, 15) is 4.79 Å². The number of Topliss-reactive ketones (excluding diaryl/α,β-unsaturated/α-hetero) is 1. The highest BCUT2D eigenvalue weighted by atomic mass is 16.1. The van der Waals surface area contributed by atoms with E-state index in [1.165, 1.54) is 57.8 Å². The number of fused-ring (bicyclic) bond motifs is 7. The van der Waals surface area contributed by atoms with Gasteiger partial charge < -0.3 is 0 Å². The van der Waals surface area contributed by atoms with Gasteiger partial charge in [0.05, 0.1) is 0 Å². The van der Waals surface area contributed by atoms with E-state index in [2.05, 4.69) is 55.4 Å². The summed E-state index contributed by atoms with van der Waals surface area (Å²) in [4.78, 5) is 12.9. The molecule has 8 atom stereocenters. The quantitative estimate of drug-likeness (QED) is 0.379. The van der Waals surface area contributed by atoms with Crippen molar-refractivity contribution in [1.29, 1.82) is 0 Å². The normalized spacial score (nSPS) is 55.4. The molecule has 0 aliphatic heterocycles. The molecule has 5 rings (SSSR count). The summed E-state index contributed by atoms with van der Waals surface area (Å²) in [5.41, 5.74) is 2.31. The van der Waals surface area contributed by atoms with Gasteiger partial charge in [0, 0.05) is 11.8 Å². The van der Waals surface area contributed by atoms with Crippen molar-refractivity contribution in [3.05, 3.63) is 0 Å². The predicted octanol–water partition coefficient (Wildman–Crippen LogP) is 8.46. The maximum Gasteiger partial charge on any atom is 0.138 e. The summed E-state index contributed by atoms with van der Waals surface area (Å²) in [5, 5.41) is 0. The average molecular weight is 427 g/mol. The highest BCUT2D eigenvalue weighted by Gasteiger charge is 2.69. The second kappa shape index (κ2) is 6.41. The molecule has 0 aromatic rings. The molecule has 0 aromatic heterocycles. The fourth-order valence-electron chi connectivity index (χ4n) is 11.1. The Morgan fingerprint density at radius 1 is 0.645 bits per heavy atom. The van der Waals surface area contributed by atoms with E-state index in [1.54, 1.807) is 0 Å². The van der Waals surface area contributed by atoms with Crippen LogP contribution in [0.3, 0.4) is 0 Å².